The summed E-state index contributed by atoms with van der Waals surface area (Å²) >= 11 is 0. The van der Waals surface area contributed by atoms with Gasteiger partial charge in [0, 0.05) is 19.3 Å². The predicted octanol–water partition coefficient (Wildman–Crippen LogP) is 1.16. The molecule has 6 heteroatoms. The van der Waals surface area contributed by atoms with Gasteiger partial charge in [0.2, 0.25) is 10.0 Å². The minimum absolute atomic E-state index is 0.0948. The summed E-state index contributed by atoms with van der Waals surface area (Å²) in [6, 6.07) is 5.47. The molecule has 2 rings (SSSR count). The number of hydrogen-bond acceptors (Lipinski definition) is 4. The Morgan fingerprint density at radius 2 is 2.05 bits per heavy atom. The number of rotatable bonds is 4. The van der Waals surface area contributed by atoms with Crippen LogP contribution in [0.4, 0.5) is 0 Å². The quantitative estimate of drug-likeness (QED) is 0.900. The molecule has 1 aromatic rings. The van der Waals surface area contributed by atoms with Gasteiger partial charge in [0.15, 0.2) is 0 Å². The van der Waals surface area contributed by atoms with Crippen LogP contribution in [-0.4, -0.2) is 43.9 Å². The van der Waals surface area contributed by atoms with Crippen LogP contribution >= 0.6 is 0 Å². The molecule has 5 nitrogen and oxygen atoms in total. The monoisotopic (exact) mass is 283 g/mol. The Morgan fingerprint density at radius 1 is 1.37 bits per heavy atom. The maximum absolute atomic E-state index is 12.6. The lowest BCUT2D eigenvalue weighted by atomic mass is 10.1. The molecule has 1 atom stereocenters. The van der Waals surface area contributed by atoms with E-state index in [9.17, 15) is 8.42 Å². The summed E-state index contributed by atoms with van der Waals surface area (Å²) in [6.45, 7) is 3.46. The number of aromatic nitrogens is 1. The minimum Gasteiger partial charge on any atom is -0.317 e. The average Bonchev–Trinajstić information content (AvgIpc) is 2.47. The molecule has 0 unspecified atom stereocenters. The predicted molar refractivity (Wildman–Crippen MR) is 75.2 cm³/mol. The van der Waals surface area contributed by atoms with Crippen molar-refractivity contribution in [2.75, 3.05) is 20.1 Å². The normalized spacial score (nSPS) is 19.5. The third-order valence-corrected chi connectivity index (χ3v) is 6.01. The summed E-state index contributed by atoms with van der Waals surface area (Å²) in [7, 11) is -1.66. The van der Waals surface area contributed by atoms with Crippen molar-refractivity contribution in [3.05, 3.63) is 30.1 Å². The van der Waals surface area contributed by atoms with E-state index in [2.05, 4.69) is 10.3 Å². The van der Waals surface area contributed by atoms with Gasteiger partial charge < -0.3 is 5.32 Å². The zero-order valence-electron chi connectivity index (χ0n) is 11.4. The molecule has 1 aromatic heterocycles. The van der Waals surface area contributed by atoms with Crippen LogP contribution in [0.3, 0.4) is 0 Å². The van der Waals surface area contributed by atoms with Crippen molar-refractivity contribution >= 4 is 10.0 Å². The number of nitrogens with zero attached hydrogens (tertiary/aromatic N) is 2. The van der Waals surface area contributed by atoms with Crippen LogP contribution in [0, 0.1) is 0 Å². The van der Waals surface area contributed by atoms with E-state index >= 15 is 0 Å². The first kappa shape index (κ1) is 14.4. The van der Waals surface area contributed by atoms with E-state index in [0.717, 1.165) is 25.9 Å². The zero-order valence-corrected chi connectivity index (χ0v) is 12.2. The molecule has 1 N–H and O–H groups in total. The van der Waals surface area contributed by atoms with Crippen molar-refractivity contribution in [2.24, 2.45) is 0 Å². The van der Waals surface area contributed by atoms with Gasteiger partial charge in [-0.15, -0.1) is 0 Å². The Hall–Kier alpha value is -0.980. The molecule has 0 saturated carbocycles. The van der Waals surface area contributed by atoms with Gasteiger partial charge in [0.05, 0.1) is 5.69 Å². The van der Waals surface area contributed by atoms with Crippen LogP contribution in [0.1, 0.15) is 30.7 Å². The summed E-state index contributed by atoms with van der Waals surface area (Å²) in [6.07, 6.45) is 3.36. The molecule has 0 aliphatic carbocycles. The molecule has 106 valence electrons. The summed E-state index contributed by atoms with van der Waals surface area (Å²) < 4.78 is 26.7. The fourth-order valence-electron chi connectivity index (χ4n) is 2.40. The standard InChI is InChI=1S/C13H21N3O2S/c1-11(13-5-3-4-8-15-13)19(17,18)16(2)12-6-9-14-10-7-12/h3-5,8,11-12,14H,6-7,9-10H2,1-2H3/t11-/m0/s1. The van der Waals surface area contributed by atoms with Crippen LogP contribution in [-0.2, 0) is 10.0 Å². The molecule has 2 heterocycles. The Morgan fingerprint density at radius 3 is 2.63 bits per heavy atom. The molecule has 0 bridgehead atoms. The number of hydrogen-bond donors (Lipinski definition) is 1. The summed E-state index contributed by atoms with van der Waals surface area (Å²) in [5, 5.41) is 2.64. The van der Waals surface area contributed by atoms with Crippen molar-refractivity contribution in [1.29, 1.82) is 0 Å². The fourth-order valence-corrected chi connectivity index (χ4v) is 3.97. The number of nitrogens with one attached hydrogen (secondary N) is 1. The van der Waals surface area contributed by atoms with Gasteiger partial charge in [-0.05, 0) is 45.0 Å². The maximum Gasteiger partial charge on any atom is 0.222 e. The second-order valence-electron chi connectivity index (χ2n) is 4.94. The van der Waals surface area contributed by atoms with E-state index in [1.54, 1.807) is 32.3 Å². The smallest absolute Gasteiger partial charge is 0.222 e. The molecule has 1 saturated heterocycles. The van der Waals surface area contributed by atoms with Crippen LogP contribution in [0.2, 0.25) is 0 Å². The van der Waals surface area contributed by atoms with Gasteiger partial charge in [-0.25, -0.2) is 12.7 Å². The van der Waals surface area contributed by atoms with E-state index < -0.39 is 15.3 Å². The molecule has 1 aliphatic heterocycles. The van der Waals surface area contributed by atoms with E-state index in [4.69, 9.17) is 0 Å². The molecule has 1 fully saturated rings. The summed E-state index contributed by atoms with van der Waals surface area (Å²) in [5.74, 6) is 0. The molecule has 0 amide bonds. The maximum atomic E-state index is 12.6. The highest BCUT2D eigenvalue weighted by Crippen LogP contribution is 2.25. The zero-order chi connectivity index (χ0) is 13.9. The molecule has 0 aromatic carbocycles. The van der Waals surface area contributed by atoms with Gasteiger partial charge in [-0.3, -0.25) is 4.98 Å². The first-order valence-electron chi connectivity index (χ1n) is 6.62. The highest BCUT2D eigenvalue weighted by Gasteiger charge is 2.33. The van der Waals surface area contributed by atoms with Crippen molar-refractivity contribution in [1.82, 2.24) is 14.6 Å². The average molecular weight is 283 g/mol. The van der Waals surface area contributed by atoms with E-state index in [0.29, 0.717) is 5.69 Å². The van der Waals surface area contributed by atoms with Crippen molar-refractivity contribution < 1.29 is 8.42 Å². The van der Waals surface area contributed by atoms with Crippen LogP contribution in [0.15, 0.2) is 24.4 Å². The summed E-state index contributed by atoms with van der Waals surface area (Å²) in [5.41, 5.74) is 0.600. The lowest BCUT2D eigenvalue weighted by Crippen LogP contribution is -2.45. The first-order valence-corrected chi connectivity index (χ1v) is 8.12. The Bertz CT molecular complexity index is 498. The Labute approximate surface area is 115 Å². The molecular weight excluding hydrogens is 262 g/mol. The third kappa shape index (κ3) is 3.13. The lowest BCUT2D eigenvalue weighted by Gasteiger charge is -2.32. The topological polar surface area (TPSA) is 62.3 Å². The van der Waals surface area contributed by atoms with Gasteiger partial charge in [-0.1, -0.05) is 6.07 Å². The summed E-state index contributed by atoms with van der Waals surface area (Å²) in [4.78, 5) is 4.15. The van der Waals surface area contributed by atoms with E-state index in [-0.39, 0.29) is 6.04 Å². The van der Waals surface area contributed by atoms with Gasteiger partial charge in [0.25, 0.3) is 0 Å². The van der Waals surface area contributed by atoms with E-state index in [1.165, 1.54) is 4.31 Å². The van der Waals surface area contributed by atoms with Crippen molar-refractivity contribution in [3.8, 4) is 0 Å². The highest BCUT2D eigenvalue weighted by molar-refractivity contribution is 7.89. The SMILES string of the molecule is C[C@@H](c1ccccn1)S(=O)(=O)N(C)C1CCNCC1. The van der Waals surface area contributed by atoms with Crippen LogP contribution in [0.25, 0.3) is 0 Å². The van der Waals surface area contributed by atoms with Gasteiger partial charge in [0.1, 0.15) is 5.25 Å². The second-order valence-corrected chi connectivity index (χ2v) is 7.25. The highest BCUT2D eigenvalue weighted by atomic mass is 32.2. The second kappa shape index (κ2) is 5.98. The Balaban J connectivity index is 2.17. The van der Waals surface area contributed by atoms with Crippen LogP contribution < -0.4 is 5.32 Å². The molecular formula is C13H21N3O2S. The van der Waals surface area contributed by atoms with Crippen LogP contribution in [0.5, 0.6) is 0 Å². The van der Waals surface area contributed by atoms with E-state index in [1.807, 2.05) is 6.07 Å². The molecule has 0 radical (unpaired) electrons. The molecule has 19 heavy (non-hydrogen) atoms. The number of sulfonamides is 1. The minimum atomic E-state index is -3.35. The first-order chi connectivity index (χ1) is 9.03. The van der Waals surface area contributed by atoms with Gasteiger partial charge in [-0.2, -0.15) is 0 Å². The van der Waals surface area contributed by atoms with Crippen molar-refractivity contribution in [3.63, 3.8) is 0 Å². The fraction of sp³-hybridized carbons (Fsp3) is 0.615. The largest absolute Gasteiger partial charge is 0.317 e. The van der Waals surface area contributed by atoms with Gasteiger partial charge >= 0.3 is 0 Å². The third-order valence-electron chi connectivity index (χ3n) is 3.78. The Kier molecular flexibility index (Phi) is 4.54. The van der Waals surface area contributed by atoms with Crippen molar-refractivity contribution in [2.45, 2.75) is 31.1 Å². The number of pyridine rings is 1. The lowest BCUT2D eigenvalue weighted by molar-refractivity contribution is 0.294. The molecule has 0 spiro atoms. The molecule has 1 aliphatic rings. The number of piperidine rings is 1.